The molecule has 1 spiro atoms. The van der Waals surface area contributed by atoms with Gasteiger partial charge in [-0.25, -0.2) is 9.37 Å². The minimum absolute atomic E-state index is 0.0443. The summed E-state index contributed by atoms with van der Waals surface area (Å²) in [6, 6.07) is 4.07. The lowest BCUT2D eigenvalue weighted by Gasteiger charge is -2.38. The summed E-state index contributed by atoms with van der Waals surface area (Å²) in [6.45, 7) is 3.49. The van der Waals surface area contributed by atoms with Crippen LogP contribution in [0.3, 0.4) is 0 Å². The summed E-state index contributed by atoms with van der Waals surface area (Å²) in [6.07, 6.45) is -0.899. The van der Waals surface area contributed by atoms with E-state index in [4.69, 9.17) is 4.74 Å². The third-order valence-electron chi connectivity index (χ3n) is 8.05. The van der Waals surface area contributed by atoms with E-state index in [0.717, 1.165) is 15.2 Å². The molecule has 3 atom stereocenters. The lowest BCUT2D eigenvalue weighted by molar-refractivity contribution is -0.182. The molecule has 2 fully saturated rings. The molecular weight excluding hydrogens is 518 g/mol. The number of likely N-dealkylation sites (tertiary alicyclic amines) is 1. The molecule has 8 nitrogen and oxygen atoms in total. The van der Waals surface area contributed by atoms with E-state index in [0.29, 0.717) is 23.4 Å². The van der Waals surface area contributed by atoms with Gasteiger partial charge in [0.05, 0.1) is 18.1 Å². The summed E-state index contributed by atoms with van der Waals surface area (Å²) < 4.78 is 61.9. The lowest BCUT2D eigenvalue weighted by atomic mass is 9.66. The minimum Gasteiger partial charge on any atom is -0.488 e. The Labute approximate surface area is 220 Å². The third-order valence-corrected chi connectivity index (χ3v) is 8.05. The number of benzene rings is 1. The molecule has 4 heterocycles. The Hall–Kier alpha value is -3.96. The first-order valence-electron chi connectivity index (χ1n) is 12.7. The van der Waals surface area contributed by atoms with E-state index >= 15 is 4.39 Å². The Morgan fingerprint density at radius 2 is 2.08 bits per heavy atom. The van der Waals surface area contributed by atoms with Crippen LogP contribution in [-0.4, -0.2) is 63.3 Å². The molecular formula is C27H25F4N5O3. The highest BCUT2D eigenvalue weighted by atomic mass is 19.4. The number of fused-ring (bicyclic) bond motifs is 3. The Morgan fingerprint density at radius 1 is 1.26 bits per heavy atom. The smallest absolute Gasteiger partial charge is 0.408 e. The number of aromatic amines is 1. The van der Waals surface area contributed by atoms with Crippen molar-refractivity contribution >= 4 is 28.5 Å². The van der Waals surface area contributed by atoms with E-state index in [1.165, 1.54) is 18.2 Å². The number of pyridine rings is 1. The Bertz CT molecular complexity index is 1490. The zero-order valence-corrected chi connectivity index (χ0v) is 20.8. The van der Waals surface area contributed by atoms with Gasteiger partial charge < -0.3 is 14.5 Å². The summed E-state index contributed by atoms with van der Waals surface area (Å²) in [5, 5.41) is 7.47. The molecule has 1 aliphatic carbocycles. The number of hydrogen-bond acceptors (Lipinski definition) is 5. The molecule has 1 saturated carbocycles. The van der Waals surface area contributed by atoms with Crippen LogP contribution < -0.4 is 9.64 Å². The maximum absolute atomic E-state index is 15.3. The molecule has 1 saturated heterocycles. The normalized spacial score (nSPS) is 25.1. The largest absolute Gasteiger partial charge is 0.488 e. The number of H-pyrrole nitrogens is 1. The van der Waals surface area contributed by atoms with Crippen molar-refractivity contribution in [3.63, 3.8) is 0 Å². The fourth-order valence-electron chi connectivity index (χ4n) is 6.23. The van der Waals surface area contributed by atoms with Crippen LogP contribution in [0.5, 0.6) is 5.75 Å². The molecule has 1 aromatic carbocycles. The topological polar surface area (TPSA) is 91.4 Å². The molecule has 3 aromatic rings. The van der Waals surface area contributed by atoms with Gasteiger partial charge in [-0.2, -0.15) is 18.3 Å². The molecule has 3 aliphatic rings. The predicted octanol–water partition coefficient (Wildman–Crippen LogP) is 4.42. The van der Waals surface area contributed by atoms with Gasteiger partial charge in [-0.3, -0.25) is 14.7 Å². The van der Waals surface area contributed by atoms with Crippen LogP contribution in [0, 0.1) is 5.82 Å². The molecule has 12 heteroatoms. The highest BCUT2D eigenvalue weighted by Crippen LogP contribution is 2.53. The number of nitrogens with zero attached hydrogens (tertiary/aromatic N) is 4. The van der Waals surface area contributed by atoms with Gasteiger partial charge in [0.1, 0.15) is 35.7 Å². The highest BCUT2D eigenvalue weighted by Gasteiger charge is 2.57. The van der Waals surface area contributed by atoms with Gasteiger partial charge in [-0.05, 0) is 43.9 Å². The number of rotatable bonds is 4. The maximum atomic E-state index is 15.3. The van der Waals surface area contributed by atoms with Gasteiger partial charge in [0, 0.05) is 23.9 Å². The molecule has 2 amide bonds. The van der Waals surface area contributed by atoms with Crippen LogP contribution >= 0.6 is 0 Å². The molecule has 2 aromatic heterocycles. The summed E-state index contributed by atoms with van der Waals surface area (Å²) in [5.41, 5.74) is -0.0882. The second kappa shape index (κ2) is 9.06. The zero-order chi connectivity index (χ0) is 27.5. The van der Waals surface area contributed by atoms with Crippen molar-refractivity contribution in [2.24, 2.45) is 0 Å². The average Bonchev–Trinajstić information content (AvgIpc) is 3.61. The van der Waals surface area contributed by atoms with E-state index in [1.807, 2.05) is 0 Å². The number of carbonyl (C=O) groups is 2. The fraction of sp³-hybridized carbons (Fsp3) is 0.407. The molecule has 0 unspecified atom stereocenters. The van der Waals surface area contributed by atoms with Crippen molar-refractivity contribution < 1.29 is 31.9 Å². The van der Waals surface area contributed by atoms with Crippen LogP contribution in [0.2, 0.25) is 0 Å². The SMILES string of the molecule is C=C1C[C@H](Oc2cnc3[nH]ncc3c2)CC[C@@]12C(=O)N(CC(=O)N1CCC[C@H]1C(F)(F)F)c1cccc(F)c12. The molecule has 0 radical (unpaired) electrons. The third kappa shape index (κ3) is 4.04. The molecule has 204 valence electrons. The van der Waals surface area contributed by atoms with E-state index in [1.54, 1.807) is 18.5 Å². The van der Waals surface area contributed by atoms with Gasteiger partial charge >= 0.3 is 6.18 Å². The van der Waals surface area contributed by atoms with E-state index in [-0.39, 0.29) is 49.6 Å². The van der Waals surface area contributed by atoms with Gasteiger partial charge in [0.15, 0.2) is 5.65 Å². The standard InChI is InChI=1S/C27H25F4N5O3/c1-15-10-17(39-18-11-16-12-33-34-24(16)32-13-18)7-8-26(15)23-19(28)4-2-5-20(23)36(25(26)38)14-22(37)35-9-3-6-21(35)27(29,30)31/h2,4-5,11-13,17,21H,1,3,6-10,14H2,(H,32,33,34)/t17-,21+,26-/m1/s1. The fourth-order valence-corrected chi connectivity index (χ4v) is 6.23. The highest BCUT2D eigenvalue weighted by molar-refractivity contribution is 6.12. The number of halogens is 4. The number of carbonyl (C=O) groups excluding carboxylic acids is 2. The van der Waals surface area contributed by atoms with Gasteiger partial charge in [-0.1, -0.05) is 18.2 Å². The number of hydrogen-bond donors (Lipinski definition) is 1. The van der Waals surface area contributed by atoms with Crippen molar-refractivity contribution in [2.75, 3.05) is 18.0 Å². The van der Waals surface area contributed by atoms with Crippen LogP contribution in [0.1, 0.15) is 37.7 Å². The summed E-state index contributed by atoms with van der Waals surface area (Å²) in [4.78, 5) is 33.2. The number of amides is 2. The monoisotopic (exact) mass is 543 g/mol. The lowest BCUT2D eigenvalue weighted by Crippen LogP contribution is -2.51. The number of aromatic nitrogens is 3. The molecule has 1 N–H and O–H groups in total. The number of nitrogens with one attached hydrogen (secondary N) is 1. The molecule has 6 rings (SSSR count). The van der Waals surface area contributed by atoms with E-state index < -0.39 is 41.8 Å². The number of ether oxygens (including phenoxy) is 1. The van der Waals surface area contributed by atoms with Crippen LogP contribution in [0.15, 0.2) is 48.8 Å². The first kappa shape index (κ1) is 25.3. The summed E-state index contributed by atoms with van der Waals surface area (Å²) in [5.74, 6) is -1.48. The predicted molar refractivity (Wildman–Crippen MR) is 133 cm³/mol. The van der Waals surface area contributed by atoms with Crippen molar-refractivity contribution in [3.05, 3.63) is 60.2 Å². The summed E-state index contributed by atoms with van der Waals surface area (Å²) in [7, 11) is 0. The van der Waals surface area contributed by atoms with E-state index in [9.17, 15) is 22.8 Å². The average molecular weight is 544 g/mol. The number of anilines is 1. The Balaban J connectivity index is 1.25. The maximum Gasteiger partial charge on any atom is 0.408 e. The van der Waals surface area contributed by atoms with Gasteiger partial charge in [0.25, 0.3) is 0 Å². The van der Waals surface area contributed by atoms with E-state index in [2.05, 4.69) is 21.8 Å². The van der Waals surface area contributed by atoms with Crippen LogP contribution in [0.25, 0.3) is 11.0 Å². The summed E-state index contributed by atoms with van der Waals surface area (Å²) >= 11 is 0. The van der Waals surface area contributed by atoms with Crippen molar-refractivity contribution in [2.45, 2.75) is 55.8 Å². The second-order valence-corrected chi connectivity index (χ2v) is 10.3. The minimum atomic E-state index is -4.56. The molecule has 2 aliphatic heterocycles. The van der Waals surface area contributed by atoms with Gasteiger partial charge in [-0.15, -0.1) is 0 Å². The molecule has 39 heavy (non-hydrogen) atoms. The second-order valence-electron chi connectivity index (χ2n) is 10.3. The van der Waals surface area contributed by atoms with Crippen molar-refractivity contribution in [1.82, 2.24) is 20.1 Å². The zero-order valence-electron chi connectivity index (χ0n) is 20.8. The van der Waals surface area contributed by atoms with Gasteiger partial charge in [0.2, 0.25) is 11.8 Å². The first-order chi connectivity index (χ1) is 18.6. The van der Waals surface area contributed by atoms with Crippen molar-refractivity contribution in [1.29, 1.82) is 0 Å². The number of alkyl halides is 3. The Kier molecular flexibility index (Phi) is 5.88. The van der Waals surface area contributed by atoms with Crippen LogP contribution in [0.4, 0.5) is 23.2 Å². The van der Waals surface area contributed by atoms with Crippen molar-refractivity contribution in [3.8, 4) is 5.75 Å². The first-order valence-corrected chi connectivity index (χ1v) is 12.7. The quantitative estimate of drug-likeness (QED) is 0.389. The van der Waals surface area contributed by atoms with Crippen LogP contribution in [-0.2, 0) is 15.0 Å². The Morgan fingerprint density at radius 3 is 2.85 bits per heavy atom. The molecule has 0 bridgehead atoms.